The van der Waals surface area contributed by atoms with Crippen molar-refractivity contribution in [2.45, 2.75) is 45.6 Å². The Morgan fingerprint density at radius 2 is 2.00 bits per heavy atom. The van der Waals surface area contributed by atoms with Gasteiger partial charge in [-0.1, -0.05) is 20.8 Å². The Labute approximate surface area is 66.7 Å². The van der Waals surface area contributed by atoms with Crippen LogP contribution in [0.4, 0.5) is 8.78 Å². The fourth-order valence-electron chi connectivity index (χ4n) is 0.953. The van der Waals surface area contributed by atoms with Gasteiger partial charge >= 0.3 is 0 Å². The second-order valence-electron chi connectivity index (χ2n) is 2.40. The first-order chi connectivity index (χ1) is 5.14. The van der Waals surface area contributed by atoms with Crippen LogP contribution in [0.5, 0.6) is 0 Å². The summed E-state index contributed by atoms with van der Waals surface area (Å²) in [6.07, 6.45) is 0.388. The summed E-state index contributed by atoms with van der Waals surface area (Å²) in [4.78, 5) is 0. The average Bonchev–Trinajstić information content (AvgIpc) is 2.34. The number of hydrogen-bond donors (Lipinski definition) is 0. The molecule has 0 spiro atoms. The molecule has 1 unspecified atom stereocenters. The number of ether oxygens (including phenoxy) is 1. The molecule has 0 aromatic heterocycles. The molecule has 1 atom stereocenters. The van der Waals surface area contributed by atoms with Gasteiger partial charge in [-0.15, -0.1) is 0 Å². The molecule has 1 rings (SSSR count). The number of rotatable bonds is 1. The van der Waals surface area contributed by atoms with Gasteiger partial charge in [0.15, 0.2) is 0 Å². The van der Waals surface area contributed by atoms with Crippen LogP contribution in [-0.4, -0.2) is 18.6 Å². The van der Waals surface area contributed by atoms with Crippen molar-refractivity contribution in [3.05, 3.63) is 0 Å². The minimum atomic E-state index is -2.55. The molecule has 0 aliphatic carbocycles. The normalized spacial score (nSPS) is 27.5. The predicted molar refractivity (Wildman–Crippen MR) is 40.9 cm³/mol. The van der Waals surface area contributed by atoms with Crippen molar-refractivity contribution in [2.75, 3.05) is 6.61 Å². The van der Waals surface area contributed by atoms with Gasteiger partial charge in [-0.25, -0.2) is 8.78 Å². The number of alkyl halides is 2. The molecular formula is C8H16F2O. The van der Waals surface area contributed by atoms with Gasteiger partial charge in [0.25, 0.3) is 5.92 Å². The lowest BCUT2D eigenvalue weighted by Gasteiger charge is -2.03. The van der Waals surface area contributed by atoms with Crippen molar-refractivity contribution in [1.82, 2.24) is 0 Å². The topological polar surface area (TPSA) is 9.23 Å². The first-order valence-electron chi connectivity index (χ1n) is 4.13. The van der Waals surface area contributed by atoms with Crippen LogP contribution >= 0.6 is 0 Å². The monoisotopic (exact) mass is 166 g/mol. The van der Waals surface area contributed by atoms with E-state index in [0.717, 1.165) is 0 Å². The van der Waals surface area contributed by atoms with Crippen molar-refractivity contribution in [3.8, 4) is 0 Å². The van der Waals surface area contributed by atoms with Crippen LogP contribution in [0.3, 0.4) is 0 Å². The lowest BCUT2D eigenvalue weighted by Crippen LogP contribution is -2.14. The van der Waals surface area contributed by atoms with Crippen molar-refractivity contribution in [3.63, 3.8) is 0 Å². The van der Waals surface area contributed by atoms with Gasteiger partial charge in [-0.3, -0.25) is 0 Å². The van der Waals surface area contributed by atoms with Gasteiger partial charge in [-0.05, 0) is 6.42 Å². The summed E-state index contributed by atoms with van der Waals surface area (Å²) in [5.74, 6) is -2.55. The Morgan fingerprint density at radius 1 is 1.45 bits per heavy atom. The second-order valence-corrected chi connectivity index (χ2v) is 2.40. The zero-order valence-electron chi connectivity index (χ0n) is 7.36. The van der Waals surface area contributed by atoms with Crippen LogP contribution in [0.2, 0.25) is 0 Å². The van der Waals surface area contributed by atoms with E-state index in [1.807, 2.05) is 20.8 Å². The highest BCUT2D eigenvalue weighted by Crippen LogP contribution is 2.30. The van der Waals surface area contributed by atoms with E-state index in [9.17, 15) is 8.78 Å². The maximum atomic E-state index is 12.3. The summed E-state index contributed by atoms with van der Waals surface area (Å²) in [6.45, 7) is 5.47. The summed E-state index contributed by atoms with van der Waals surface area (Å²) >= 11 is 0. The summed E-state index contributed by atoms with van der Waals surface area (Å²) in [5.41, 5.74) is 0. The number of hydrogen-bond acceptors (Lipinski definition) is 1. The first-order valence-corrected chi connectivity index (χ1v) is 4.13. The van der Waals surface area contributed by atoms with Crippen molar-refractivity contribution in [2.24, 2.45) is 0 Å². The van der Waals surface area contributed by atoms with E-state index in [2.05, 4.69) is 0 Å². The molecule has 1 aliphatic rings. The molecule has 0 N–H and O–H groups in total. The molecule has 1 nitrogen and oxygen atoms in total. The zero-order valence-corrected chi connectivity index (χ0v) is 7.36. The fourth-order valence-corrected chi connectivity index (χ4v) is 0.953. The lowest BCUT2D eigenvalue weighted by molar-refractivity contribution is -0.0101. The SMILES string of the molecule is CC.CCC1CC(F)(F)CO1. The zero-order chi connectivity index (χ0) is 8.91. The molecule has 11 heavy (non-hydrogen) atoms. The second kappa shape index (κ2) is 4.65. The van der Waals surface area contributed by atoms with E-state index in [0.29, 0.717) is 6.42 Å². The third kappa shape index (κ3) is 3.65. The van der Waals surface area contributed by atoms with E-state index in [4.69, 9.17) is 4.74 Å². The Hall–Kier alpha value is -0.180. The highest BCUT2D eigenvalue weighted by molar-refractivity contribution is 4.78. The van der Waals surface area contributed by atoms with Gasteiger partial charge in [0, 0.05) is 6.42 Å². The predicted octanol–water partition coefficient (Wildman–Crippen LogP) is 2.85. The van der Waals surface area contributed by atoms with E-state index in [1.165, 1.54) is 0 Å². The van der Waals surface area contributed by atoms with Crippen LogP contribution in [0.15, 0.2) is 0 Å². The van der Waals surface area contributed by atoms with E-state index in [-0.39, 0.29) is 19.1 Å². The molecule has 1 aliphatic heterocycles. The molecule has 0 radical (unpaired) electrons. The summed E-state index contributed by atoms with van der Waals surface area (Å²) in [7, 11) is 0. The molecular weight excluding hydrogens is 150 g/mol. The Bertz CT molecular complexity index is 104. The molecule has 1 saturated heterocycles. The average molecular weight is 166 g/mol. The minimum absolute atomic E-state index is 0.0938. The Balaban J connectivity index is 0.000000461. The van der Waals surface area contributed by atoms with Crippen LogP contribution < -0.4 is 0 Å². The summed E-state index contributed by atoms with van der Waals surface area (Å²) in [5, 5.41) is 0. The fraction of sp³-hybridized carbons (Fsp3) is 1.00. The molecule has 0 bridgehead atoms. The van der Waals surface area contributed by atoms with Crippen molar-refractivity contribution < 1.29 is 13.5 Å². The lowest BCUT2D eigenvalue weighted by atomic mass is 10.2. The smallest absolute Gasteiger partial charge is 0.273 e. The standard InChI is InChI=1S/C6H10F2O.C2H6/c1-2-5-3-6(7,8)4-9-5;1-2/h5H,2-4H2,1H3;1-2H3. The van der Waals surface area contributed by atoms with Crippen LogP contribution in [0.1, 0.15) is 33.6 Å². The third-order valence-electron chi connectivity index (χ3n) is 1.51. The molecule has 0 aromatic carbocycles. The maximum absolute atomic E-state index is 12.3. The third-order valence-corrected chi connectivity index (χ3v) is 1.51. The van der Waals surface area contributed by atoms with Crippen LogP contribution in [-0.2, 0) is 4.74 Å². The Kier molecular flexibility index (Phi) is 4.57. The van der Waals surface area contributed by atoms with Crippen molar-refractivity contribution in [1.29, 1.82) is 0 Å². The van der Waals surface area contributed by atoms with E-state index < -0.39 is 5.92 Å². The molecule has 1 fully saturated rings. The highest BCUT2D eigenvalue weighted by Gasteiger charge is 2.39. The quantitative estimate of drug-likeness (QED) is 0.582. The summed E-state index contributed by atoms with van der Waals surface area (Å²) < 4.78 is 29.3. The van der Waals surface area contributed by atoms with Crippen molar-refractivity contribution >= 4 is 0 Å². The minimum Gasteiger partial charge on any atom is -0.372 e. The Morgan fingerprint density at radius 3 is 2.18 bits per heavy atom. The number of halogens is 2. The van der Waals surface area contributed by atoms with Gasteiger partial charge in [0.2, 0.25) is 0 Å². The van der Waals surface area contributed by atoms with E-state index >= 15 is 0 Å². The highest BCUT2D eigenvalue weighted by atomic mass is 19.3. The van der Waals surface area contributed by atoms with Crippen LogP contribution in [0.25, 0.3) is 0 Å². The summed E-state index contributed by atoms with van der Waals surface area (Å²) in [6, 6.07) is 0. The van der Waals surface area contributed by atoms with Gasteiger partial charge in [-0.2, -0.15) is 0 Å². The molecule has 0 amide bonds. The van der Waals surface area contributed by atoms with Gasteiger partial charge < -0.3 is 4.74 Å². The molecule has 0 saturated carbocycles. The van der Waals surface area contributed by atoms with Gasteiger partial charge in [0.1, 0.15) is 6.61 Å². The molecule has 0 aromatic rings. The van der Waals surface area contributed by atoms with Gasteiger partial charge in [0.05, 0.1) is 6.10 Å². The maximum Gasteiger partial charge on any atom is 0.273 e. The molecule has 68 valence electrons. The largest absolute Gasteiger partial charge is 0.372 e. The van der Waals surface area contributed by atoms with E-state index in [1.54, 1.807) is 0 Å². The first kappa shape index (κ1) is 10.8. The molecule has 1 heterocycles. The van der Waals surface area contributed by atoms with Crippen LogP contribution in [0, 0.1) is 0 Å². The molecule has 3 heteroatoms.